The summed E-state index contributed by atoms with van der Waals surface area (Å²) in [7, 11) is 0. The standard InChI is InChI=1S/C9H18GeO/c1-4-10(5-2,6-3)8-7-9-11/h11H,4-6,9H2,1-3H3. The monoisotopic (exact) mass is 216 g/mol. The van der Waals surface area contributed by atoms with Gasteiger partial charge in [0.25, 0.3) is 0 Å². The van der Waals surface area contributed by atoms with Crippen LogP contribution in [0.3, 0.4) is 0 Å². The van der Waals surface area contributed by atoms with Gasteiger partial charge in [0.1, 0.15) is 0 Å². The molecule has 0 rings (SSSR count). The molecule has 0 radical (unpaired) electrons. The maximum atomic E-state index is 8.57. The normalized spacial score (nSPS) is 10.5. The van der Waals surface area contributed by atoms with Crippen molar-refractivity contribution in [2.45, 2.75) is 36.5 Å². The van der Waals surface area contributed by atoms with Gasteiger partial charge in [0.05, 0.1) is 0 Å². The molecule has 0 aromatic heterocycles. The van der Waals surface area contributed by atoms with Crippen LogP contribution in [0.15, 0.2) is 0 Å². The number of aliphatic hydroxyl groups is 1. The van der Waals surface area contributed by atoms with Gasteiger partial charge >= 0.3 is 72.2 Å². The fourth-order valence-corrected chi connectivity index (χ4v) is 6.45. The summed E-state index contributed by atoms with van der Waals surface area (Å²) in [5, 5.41) is 12.4. The van der Waals surface area contributed by atoms with Gasteiger partial charge in [0, 0.05) is 0 Å². The first kappa shape index (κ1) is 11.1. The predicted octanol–water partition coefficient (Wildman–Crippen LogP) is 2.03. The fourth-order valence-electron chi connectivity index (χ4n) is 1.24. The van der Waals surface area contributed by atoms with Crippen molar-refractivity contribution in [3.8, 4) is 10.7 Å². The third-order valence-corrected chi connectivity index (χ3v) is 12.5. The van der Waals surface area contributed by atoms with Gasteiger partial charge in [-0.25, -0.2) is 0 Å². The summed E-state index contributed by atoms with van der Waals surface area (Å²) in [4.78, 5) is 0. The number of hydrogen-bond donors (Lipinski definition) is 1. The van der Waals surface area contributed by atoms with Crippen molar-refractivity contribution < 1.29 is 5.11 Å². The Balaban J connectivity index is 4.28. The Kier molecular flexibility index (Phi) is 5.71. The molecular formula is C9H18GeO. The summed E-state index contributed by atoms with van der Waals surface area (Å²) >= 11 is -1.75. The predicted molar refractivity (Wildman–Crippen MR) is 52.1 cm³/mol. The van der Waals surface area contributed by atoms with Crippen molar-refractivity contribution in [3.63, 3.8) is 0 Å². The number of hydrogen-bond acceptors (Lipinski definition) is 1. The topological polar surface area (TPSA) is 20.2 Å². The SMILES string of the molecule is C[CH2][Ge]([C]#CCO)([CH2]C)[CH2]C. The molecule has 0 aromatic rings. The Labute approximate surface area is 72.6 Å². The van der Waals surface area contributed by atoms with Gasteiger partial charge in [0.15, 0.2) is 0 Å². The molecule has 0 saturated heterocycles. The zero-order chi connectivity index (χ0) is 8.74. The van der Waals surface area contributed by atoms with Crippen molar-refractivity contribution in [3.05, 3.63) is 0 Å². The van der Waals surface area contributed by atoms with Gasteiger partial charge < -0.3 is 0 Å². The fraction of sp³-hybridized carbons (Fsp3) is 0.778. The van der Waals surface area contributed by atoms with Gasteiger partial charge in [0.2, 0.25) is 0 Å². The molecule has 0 spiro atoms. The summed E-state index contributed by atoms with van der Waals surface area (Å²) < 4.78 is 3.32. The second-order valence-electron chi connectivity index (χ2n) is 2.80. The van der Waals surface area contributed by atoms with E-state index in [1.54, 1.807) is 0 Å². The molecule has 0 amide bonds. The second-order valence-corrected chi connectivity index (χ2v) is 13.1. The van der Waals surface area contributed by atoms with Crippen LogP contribution in [0.1, 0.15) is 20.8 Å². The minimum absolute atomic E-state index is 0.0347. The van der Waals surface area contributed by atoms with E-state index in [-0.39, 0.29) is 6.61 Å². The molecule has 0 aliphatic heterocycles. The molecule has 0 aliphatic rings. The van der Waals surface area contributed by atoms with Crippen LogP contribution in [0.25, 0.3) is 0 Å². The molecule has 0 unspecified atom stereocenters. The Morgan fingerprint density at radius 2 is 1.55 bits per heavy atom. The van der Waals surface area contributed by atoms with Crippen molar-refractivity contribution >= 4 is 13.3 Å². The van der Waals surface area contributed by atoms with Crippen LogP contribution in [0.5, 0.6) is 0 Å². The van der Waals surface area contributed by atoms with Crippen LogP contribution >= 0.6 is 0 Å². The van der Waals surface area contributed by atoms with Gasteiger partial charge in [-0.3, -0.25) is 0 Å². The average Bonchev–Trinajstić information content (AvgIpc) is 2.08. The van der Waals surface area contributed by atoms with Crippen molar-refractivity contribution in [1.29, 1.82) is 0 Å². The Morgan fingerprint density at radius 1 is 1.09 bits per heavy atom. The van der Waals surface area contributed by atoms with E-state index >= 15 is 0 Å². The molecule has 0 bridgehead atoms. The molecule has 1 N–H and O–H groups in total. The molecular weight excluding hydrogens is 197 g/mol. The third-order valence-electron chi connectivity index (χ3n) is 2.46. The first-order chi connectivity index (χ1) is 5.24. The number of aliphatic hydroxyl groups excluding tert-OH is 1. The number of rotatable bonds is 3. The van der Waals surface area contributed by atoms with Crippen LogP contribution in [0.2, 0.25) is 15.8 Å². The summed E-state index contributed by atoms with van der Waals surface area (Å²) in [6.07, 6.45) is 0. The third kappa shape index (κ3) is 3.31. The van der Waals surface area contributed by atoms with Crippen molar-refractivity contribution in [1.82, 2.24) is 0 Å². The first-order valence-corrected chi connectivity index (χ1v) is 9.85. The second kappa shape index (κ2) is 5.68. The van der Waals surface area contributed by atoms with E-state index in [1.807, 2.05) is 0 Å². The summed E-state index contributed by atoms with van der Waals surface area (Å²) in [5.74, 6) is 2.83. The zero-order valence-corrected chi connectivity index (χ0v) is 9.87. The molecule has 0 aromatic carbocycles. The van der Waals surface area contributed by atoms with E-state index in [4.69, 9.17) is 5.11 Å². The quantitative estimate of drug-likeness (QED) is 0.563. The maximum absolute atomic E-state index is 8.57. The molecule has 2 heteroatoms. The molecule has 11 heavy (non-hydrogen) atoms. The zero-order valence-electron chi connectivity index (χ0n) is 7.78. The van der Waals surface area contributed by atoms with Crippen molar-refractivity contribution in [2.24, 2.45) is 0 Å². The van der Waals surface area contributed by atoms with E-state index in [0.29, 0.717) is 0 Å². The molecule has 0 heterocycles. The molecule has 64 valence electrons. The van der Waals surface area contributed by atoms with Crippen molar-refractivity contribution in [2.75, 3.05) is 6.61 Å². The minimum atomic E-state index is -1.75. The Bertz CT molecular complexity index is 142. The summed E-state index contributed by atoms with van der Waals surface area (Å²) in [6, 6.07) is 0. The average molecular weight is 215 g/mol. The molecule has 0 saturated carbocycles. The van der Waals surface area contributed by atoms with Gasteiger partial charge in [-0.1, -0.05) is 0 Å². The van der Waals surface area contributed by atoms with Gasteiger partial charge in [-0.15, -0.1) is 0 Å². The van der Waals surface area contributed by atoms with Gasteiger partial charge in [-0.2, -0.15) is 0 Å². The van der Waals surface area contributed by atoms with Crippen LogP contribution in [0.4, 0.5) is 0 Å². The summed E-state index contributed by atoms with van der Waals surface area (Å²) in [5.41, 5.74) is 0. The van der Waals surface area contributed by atoms with Crippen LogP contribution in [-0.2, 0) is 0 Å². The Morgan fingerprint density at radius 3 is 1.82 bits per heavy atom. The van der Waals surface area contributed by atoms with Crippen LogP contribution in [0, 0.1) is 10.7 Å². The van der Waals surface area contributed by atoms with E-state index in [1.165, 1.54) is 15.8 Å². The van der Waals surface area contributed by atoms with Crippen LogP contribution in [-0.4, -0.2) is 25.0 Å². The molecule has 1 nitrogen and oxygen atoms in total. The van der Waals surface area contributed by atoms with E-state index in [0.717, 1.165) is 0 Å². The van der Waals surface area contributed by atoms with E-state index < -0.39 is 13.3 Å². The van der Waals surface area contributed by atoms with E-state index in [2.05, 4.69) is 31.4 Å². The molecule has 0 aliphatic carbocycles. The van der Waals surface area contributed by atoms with E-state index in [9.17, 15) is 0 Å². The summed E-state index contributed by atoms with van der Waals surface area (Å²) in [6.45, 7) is 6.74. The Hall–Kier alpha value is 0.0629. The van der Waals surface area contributed by atoms with Gasteiger partial charge in [-0.05, 0) is 0 Å². The first-order valence-electron chi connectivity index (χ1n) is 4.35. The molecule has 0 atom stereocenters. The van der Waals surface area contributed by atoms with Crippen LogP contribution < -0.4 is 0 Å². The molecule has 0 fully saturated rings.